The van der Waals surface area contributed by atoms with Crippen LogP contribution in [0.1, 0.15) is 18.4 Å². The number of aryl methyl sites for hydroxylation is 1. The molecule has 0 fully saturated rings. The number of phenolic OH excluding ortho intramolecular Hbond substituents is 1. The summed E-state index contributed by atoms with van der Waals surface area (Å²) in [6.45, 7) is 1.00. The van der Waals surface area contributed by atoms with Crippen LogP contribution in [-0.2, 0) is 6.42 Å². The predicted octanol–water partition coefficient (Wildman–Crippen LogP) is 1.51. The molecule has 0 radical (unpaired) electrons. The van der Waals surface area contributed by atoms with E-state index in [4.69, 9.17) is 5.11 Å². The summed E-state index contributed by atoms with van der Waals surface area (Å²) < 4.78 is 0. The van der Waals surface area contributed by atoms with Gasteiger partial charge in [-0.2, -0.15) is 0 Å². The van der Waals surface area contributed by atoms with Crippen molar-refractivity contribution in [2.24, 2.45) is 0 Å². The van der Waals surface area contributed by atoms with Crippen molar-refractivity contribution in [1.82, 2.24) is 16.0 Å². The minimum absolute atomic E-state index is 0.334. The third kappa shape index (κ3) is 3.17. The van der Waals surface area contributed by atoms with Crippen LogP contribution < -0.4 is 11.0 Å². The molecule has 1 aliphatic heterocycles. The number of phenols is 1. The highest BCUT2D eigenvalue weighted by Crippen LogP contribution is 2.11. The lowest BCUT2D eigenvalue weighted by Gasteiger charge is -2.14. The topological polar surface area (TPSA) is 47.5 Å². The van der Waals surface area contributed by atoms with Gasteiger partial charge >= 0.3 is 0 Å². The van der Waals surface area contributed by atoms with E-state index in [0.29, 0.717) is 5.75 Å². The molecule has 3 N–H and O–H groups in total. The van der Waals surface area contributed by atoms with Gasteiger partial charge in [-0.25, -0.2) is 0 Å². The molecule has 0 bridgehead atoms. The predicted molar refractivity (Wildman–Crippen MR) is 63.2 cm³/mol. The van der Waals surface area contributed by atoms with Crippen LogP contribution in [-0.4, -0.2) is 16.7 Å². The zero-order valence-corrected chi connectivity index (χ0v) is 9.19. The summed E-state index contributed by atoms with van der Waals surface area (Å²) in [6.07, 6.45) is 7.21. The van der Waals surface area contributed by atoms with Crippen LogP contribution in [0.25, 0.3) is 0 Å². The van der Waals surface area contributed by atoms with Crippen LogP contribution in [0, 0.1) is 0 Å². The fourth-order valence-electron chi connectivity index (χ4n) is 1.69. The smallest absolute Gasteiger partial charge is 0.115 e. The number of hydrogen-bond donors (Lipinski definition) is 3. The molecule has 1 aromatic carbocycles. The van der Waals surface area contributed by atoms with Gasteiger partial charge in [-0.15, -0.1) is 5.53 Å². The molecule has 2 rings (SSSR count). The number of unbranched alkanes of at least 4 members (excludes halogenated alkanes) is 1. The summed E-state index contributed by atoms with van der Waals surface area (Å²) >= 11 is 0. The molecule has 4 heteroatoms. The molecule has 0 aliphatic carbocycles. The fraction of sp³-hybridized carbons (Fsp3) is 0.333. The van der Waals surface area contributed by atoms with Crippen LogP contribution in [0.4, 0.5) is 0 Å². The maximum atomic E-state index is 9.14. The molecule has 1 aliphatic rings. The van der Waals surface area contributed by atoms with Crippen molar-refractivity contribution in [3.8, 4) is 5.75 Å². The first kappa shape index (κ1) is 10.8. The maximum absolute atomic E-state index is 9.14. The van der Waals surface area contributed by atoms with E-state index in [1.165, 1.54) is 5.56 Å². The minimum Gasteiger partial charge on any atom is -0.508 e. The summed E-state index contributed by atoms with van der Waals surface area (Å²) in [5, 5.41) is 11.2. The van der Waals surface area contributed by atoms with Gasteiger partial charge in [0.05, 0.1) is 0 Å². The summed E-state index contributed by atoms with van der Waals surface area (Å²) in [4.78, 5) is 0. The average Bonchev–Trinajstić information content (AvgIpc) is 2.80. The average molecular weight is 219 g/mol. The lowest BCUT2D eigenvalue weighted by molar-refractivity contribution is 0.266. The largest absolute Gasteiger partial charge is 0.508 e. The monoisotopic (exact) mass is 219 g/mol. The molecule has 0 amide bonds. The van der Waals surface area contributed by atoms with E-state index in [1.807, 2.05) is 29.5 Å². The zero-order valence-electron chi connectivity index (χ0n) is 9.19. The van der Waals surface area contributed by atoms with Gasteiger partial charge in [0.15, 0.2) is 0 Å². The number of nitrogens with one attached hydrogen (secondary N) is 2. The Labute approximate surface area is 95.5 Å². The number of nitrogens with zero attached hydrogens (tertiary/aromatic N) is 1. The lowest BCUT2D eigenvalue weighted by Crippen LogP contribution is -2.35. The van der Waals surface area contributed by atoms with Crippen molar-refractivity contribution in [2.75, 3.05) is 6.54 Å². The Bertz CT molecular complexity index is 348. The number of hydrogen-bond acceptors (Lipinski definition) is 4. The Morgan fingerprint density at radius 3 is 2.62 bits per heavy atom. The van der Waals surface area contributed by atoms with Crippen LogP contribution in [0.2, 0.25) is 0 Å². The van der Waals surface area contributed by atoms with Gasteiger partial charge in [0.25, 0.3) is 0 Å². The molecule has 0 spiro atoms. The van der Waals surface area contributed by atoms with E-state index in [1.54, 1.807) is 12.1 Å². The Balaban J connectivity index is 1.64. The Morgan fingerprint density at radius 1 is 1.12 bits per heavy atom. The Hall–Kier alpha value is -1.68. The summed E-state index contributed by atoms with van der Waals surface area (Å²) in [5.41, 5.74) is 7.19. The second-order valence-corrected chi connectivity index (χ2v) is 3.89. The molecule has 0 saturated carbocycles. The molecule has 86 valence electrons. The number of hydrazine groups is 2. The highest BCUT2D eigenvalue weighted by Gasteiger charge is 2.01. The van der Waals surface area contributed by atoms with Crippen molar-refractivity contribution in [1.29, 1.82) is 0 Å². The minimum atomic E-state index is 0.334. The van der Waals surface area contributed by atoms with E-state index in [9.17, 15) is 0 Å². The first-order chi connectivity index (χ1) is 7.84. The summed E-state index contributed by atoms with van der Waals surface area (Å²) in [6, 6.07) is 7.43. The molecule has 16 heavy (non-hydrogen) atoms. The van der Waals surface area contributed by atoms with Gasteiger partial charge in [0.1, 0.15) is 5.75 Å². The third-order valence-corrected chi connectivity index (χ3v) is 2.60. The molecule has 1 heterocycles. The van der Waals surface area contributed by atoms with Crippen molar-refractivity contribution in [2.45, 2.75) is 19.3 Å². The van der Waals surface area contributed by atoms with Crippen LogP contribution >= 0.6 is 0 Å². The first-order valence-electron chi connectivity index (χ1n) is 5.57. The highest BCUT2D eigenvalue weighted by molar-refractivity contribution is 5.25. The third-order valence-electron chi connectivity index (χ3n) is 2.60. The Kier molecular flexibility index (Phi) is 3.66. The van der Waals surface area contributed by atoms with E-state index in [-0.39, 0.29) is 0 Å². The van der Waals surface area contributed by atoms with Crippen molar-refractivity contribution in [3.63, 3.8) is 0 Å². The molecule has 4 nitrogen and oxygen atoms in total. The maximum Gasteiger partial charge on any atom is 0.115 e. The fourth-order valence-corrected chi connectivity index (χ4v) is 1.69. The zero-order chi connectivity index (χ0) is 11.2. The second kappa shape index (κ2) is 5.42. The summed E-state index contributed by atoms with van der Waals surface area (Å²) in [7, 11) is 0. The molecular formula is C12H17N3O. The van der Waals surface area contributed by atoms with Crippen LogP contribution in [0.15, 0.2) is 36.7 Å². The molecule has 0 atom stereocenters. The number of aromatic hydroxyl groups is 1. The van der Waals surface area contributed by atoms with E-state index < -0.39 is 0 Å². The molecule has 0 unspecified atom stereocenters. The SMILES string of the molecule is Oc1ccc(CCCCN2C=CNN2)cc1. The van der Waals surface area contributed by atoms with Gasteiger partial charge < -0.3 is 10.5 Å². The molecule has 0 aromatic heterocycles. The van der Waals surface area contributed by atoms with Crippen molar-refractivity contribution >= 4 is 0 Å². The van der Waals surface area contributed by atoms with E-state index in [2.05, 4.69) is 11.0 Å². The van der Waals surface area contributed by atoms with E-state index in [0.717, 1.165) is 25.8 Å². The van der Waals surface area contributed by atoms with E-state index >= 15 is 0 Å². The van der Waals surface area contributed by atoms with Gasteiger partial charge in [0.2, 0.25) is 0 Å². The van der Waals surface area contributed by atoms with Crippen molar-refractivity contribution < 1.29 is 5.11 Å². The van der Waals surface area contributed by atoms with Crippen LogP contribution in [0.3, 0.4) is 0 Å². The molecular weight excluding hydrogens is 202 g/mol. The Morgan fingerprint density at radius 2 is 1.94 bits per heavy atom. The van der Waals surface area contributed by atoms with Crippen LogP contribution in [0.5, 0.6) is 5.75 Å². The normalized spacial score (nSPS) is 14.1. The van der Waals surface area contributed by atoms with Gasteiger partial charge in [-0.1, -0.05) is 12.1 Å². The quantitative estimate of drug-likeness (QED) is 0.657. The molecule has 0 saturated heterocycles. The van der Waals surface area contributed by atoms with Gasteiger partial charge in [-0.05, 0) is 37.0 Å². The van der Waals surface area contributed by atoms with Gasteiger partial charge in [-0.3, -0.25) is 5.01 Å². The number of rotatable bonds is 5. The standard InChI is InChI=1S/C12H17N3O/c16-12-6-4-11(5-7-12)3-1-2-9-15-10-8-13-14-15/h4-8,10,13-14,16H,1-3,9H2. The highest BCUT2D eigenvalue weighted by atomic mass is 16.3. The first-order valence-corrected chi connectivity index (χ1v) is 5.57. The second-order valence-electron chi connectivity index (χ2n) is 3.89. The van der Waals surface area contributed by atoms with Crippen molar-refractivity contribution in [3.05, 3.63) is 42.2 Å². The summed E-state index contributed by atoms with van der Waals surface area (Å²) in [5.74, 6) is 0.334. The lowest BCUT2D eigenvalue weighted by atomic mass is 10.1. The number of benzene rings is 1. The molecule has 1 aromatic rings. The van der Waals surface area contributed by atoms with Gasteiger partial charge in [0, 0.05) is 18.9 Å².